The zero-order chi connectivity index (χ0) is 15.6. The zero-order valence-electron chi connectivity index (χ0n) is 11.1. The molecule has 0 saturated heterocycles. The quantitative estimate of drug-likeness (QED) is 0.937. The van der Waals surface area contributed by atoms with Crippen LogP contribution in [0.5, 0.6) is 5.75 Å². The van der Waals surface area contributed by atoms with Gasteiger partial charge in [0.2, 0.25) is 10.0 Å². The third kappa shape index (κ3) is 3.93. The van der Waals surface area contributed by atoms with Crippen molar-refractivity contribution in [1.82, 2.24) is 0 Å². The smallest absolute Gasteiger partial charge is 0.238 e. The van der Waals surface area contributed by atoms with Gasteiger partial charge in [0.1, 0.15) is 18.2 Å². The number of halogens is 2. The van der Waals surface area contributed by atoms with Crippen molar-refractivity contribution >= 4 is 21.6 Å². The number of ether oxygens (including phenoxy) is 1. The monoisotopic (exact) mass is 329 g/mol. The standard InChI is InChI=1S/C14H13ClFNO3S/c1-9-6-12(4-5-14(9)21(17,18)19)20-8-10-2-3-11(15)7-13(10)16/h2-7H,8H2,1H3,(H2,17,18,19). The van der Waals surface area contributed by atoms with Crippen LogP contribution in [-0.2, 0) is 16.6 Å². The van der Waals surface area contributed by atoms with E-state index < -0.39 is 15.8 Å². The van der Waals surface area contributed by atoms with Crippen LogP contribution in [0, 0.1) is 12.7 Å². The maximum absolute atomic E-state index is 13.6. The fraction of sp³-hybridized carbons (Fsp3) is 0.143. The number of primary sulfonamides is 1. The Kier molecular flexibility index (Phi) is 4.51. The Balaban J connectivity index is 2.16. The molecule has 0 saturated carbocycles. The molecule has 7 heteroatoms. The summed E-state index contributed by atoms with van der Waals surface area (Å²) in [6, 6.07) is 8.67. The summed E-state index contributed by atoms with van der Waals surface area (Å²) in [7, 11) is -3.76. The Labute approximate surface area is 127 Å². The maximum atomic E-state index is 13.6. The van der Waals surface area contributed by atoms with Crippen molar-refractivity contribution in [3.05, 3.63) is 58.4 Å². The van der Waals surface area contributed by atoms with E-state index in [0.717, 1.165) is 0 Å². The van der Waals surface area contributed by atoms with Crippen LogP contribution < -0.4 is 9.88 Å². The molecule has 0 bridgehead atoms. The van der Waals surface area contributed by atoms with E-state index in [9.17, 15) is 12.8 Å². The van der Waals surface area contributed by atoms with Crippen molar-refractivity contribution in [3.63, 3.8) is 0 Å². The molecule has 0 aliphatic rings. The summed E-state index contributed by atoms with van der Waals surface area (Å²) in [6.07, 6.45) is 0. The van der Waals surface area contributed by atoms with Gasteiger partial charge in [0.25, 0.3) is 0 Å². The lowest BCUT2D eigenvalue weighted by Crippen LogP contribution is -2.13. The second-order valence-electron chi connectivity index (χ2n) is 4.50. The summed E-state index contributed by atoms with van der Waals surface area (Å²) in [4.78, 5) is 0.0347. The van der Waals surface area contributed by atoms with Crippen molar-refractivity contribution in [2.45, 2.75) is 18.4 Å². The van der Waals surface area contributed by atoms with E-state index in [1.165, 1.54) is 30.3 Å². The molecule has 0 radical (unpaired) electrons. The van der Waals surface area contributed by atoms with Gasteiger partial charge in [-0.2, -0.15) is 0 Å². The van der Waals surface area contributed by atoms with Gasteiger partial charge in [-0.25, -0.2) is 17.9 Å². The highest BCUT2D eigenvalue weighted by atomic mass is 35.5. The predicted octanol–water partition coefficient (Wildman–Crippen LogP) is 3.01. The molecular formula is C14H13ClFNO3S. The van der Waals surface area contributed by atoms with Crippen LogP contribution in [-0.4, -0.2) is 8.42 Å². The van der Waals surface area contributed by atoms with E-state index in [1.807, 2.05) is 0 Å². The van der Waals surface area contributed by atoms with E-state index >= 15 is 0 Å². The van der Waals surface area contributed by atoms with Crippen LogP contribution in [0.25, 0.3) is 0 Å². The second kappa shape index (κ2) is 6.01. The lowest BCUT2D eigenvalue weighted by molar-refractivity contribution is 0.299. The molecule has 4 nitrogen and oxygen atoms in total. The lowest BCUT2D eigenvalue weighted by Gasteiger charge is -2.10. The van der Waals surface area contributed by atoms with Gasteiger partial charge in [0, 0.05) is 10.6 Å². The molecule has 0 aliphatic carbocycles. The Morgan fingerprint density at radius 3 is 2.52 bits per heavy atom. The lowest BCUT2D eigenvalue weighted by atomic mass is 10.2. The van der Waals surface area contributed by atoms with Crippen LogP contribution in [0.3, 0.4) is 0 Å². The first-order chi connectivity index (χ1) is 9.77. The Bertz CT molecular complexity index is 778. The van der Waals surface area contributed by atoms with Gasteiger partial charge in [-0.15, -0.1) is 0 Å². The average Bonchev–Trinajstić information content (AvgIpc) is 2.36. The first kappa shape index (κ1) is 15.8. The van der Waals surface area contributed by atoms with Gasteiger partial charge in [0.15, 0.2) is 0 Å². The summed E-state index contributed by atoms with van der Waals surface area (Å²) in [5.41, 5.74) is 0.819. The molecule has 2 rings (SSSR count). The van der Waals surface area contributed by atoms with Crippen molar-refractivity contribution < 1.29 is 17.5 Å². The molecule has 0 fully saturated rings. The van der Waals surface area contributed by atoms with Gasteiger partial charge in [0.05, 0.1) is 4.90 Å². The molecule has 0 heterocycles. The molecule has 0 atom stereocenters. The molecule has 21 heavy (non-hydrogen) atoms. The fourth-order valence-corrected chi connectivity index (χ4v) is 2.75. The number of aryl methyl sites for hydroxylation is 1. The number of nitrogens with two attached hydrogens (primary N) is 1. The van der Waals surface area contributed by atoms with E-state index in [0.29, 0.717) is 21.9 Å². The van der Waals surface area contributed by atoms with Gasteiger partial charge in [-0.1, -0.05) is 17.7 Å². The summed E-state index contributed by atoms with van der Waals surface area (Å²) in [6.45, 7) is 1.62. The Morgan fingerprint density at radius 1 is 1.24 bits per heavy atom. The van der Waals surface area contributed by atoms with E-state index in [2.05, 4.69) is 0 Å². The molecule has 0 spiro atoms. The molecule has 0 aliphatic heterocycles. The minimum absolute atomic E-state index is 0.0111. The van der Waals surface area contributed by atoms with Gasteiger partial charge in [-0.3, -0.25) is 0 Å². The van der Waals surface area contributed by atoms with E-state index in [1.54, 1.807) is 13.0 Å². The van der Waals surface area contributed by atoms with Crippen LogP contribution in [0.2, 0.25) is 5.02 Å². The van der Waals surface area contributed by atoms with Crippen molar-refractivity contribution in [1.29, 1.82) is 0 Å². The highest BCUT2D eigenvalue weighted by Crippen LogP contribution is 2.22. The minimum Gasteiger partial charge on any atom is -0.489 e. The Morgan fingerprint density at radius 2 is 1.95 bits per heavy atom. The topological polar surface area (TPSA) is 69.4 Å². The Hall–Kier alpha value is -1.63. The molecule has 112 valence electrons. The molecule has 2 N–H and O–H groups in total. The normalized spacial score (nSPS) is 11.4. The van der Waals surface area contributed by atoms with Gasteiger partial charge >= 0.3 is 0 Å². The van der Waals surface area contributed by atoms with Crippen LogP contribution in [0.4, 0.5) is 4.39 Å². The van der Waals surface area contributed by atoms with E-state index in [4.69, 9.17) is 21.5 Å². The second-order valence-corrected chi connectivity index (χ2v) is 6.46. The van der Waals surface area contributed by atoms with Gasteiger partial charge in [-0.05, 0) is 42.8 Å². The molecule has 0 unspecified atom stereocenters. The number of hydrogen-bond acceptors (Lipinski definition) is 3. The summed E-state index contributed by atoms with van der Waals surface area (Å²) >= 11 is 5.67. The molecule has 0 aromatic heterocycles. The number of sulfonamides is 1. The summed E-state index contributed by atoms with van der Waals surface area (Å²) in [5.74, 6) is -0.0328. The fourth-order valence-electron chi connectivity index (χ4n) is 1.83. The third-order valence-corrected chi connectivity index (χ3v) is 4.17. The van der Waals surface area contributed by atoms with Crippen LogP contribution >= 0.6 is 11.6 Å². The number of hydrogen-bond donors (Lipinski definition) is 1. The highest BCUT2D eigenvalue weighted by molar-refractivity contribution is 7.89. The maximum Gasteiger partial charge on any atom is 0.238 e. The molecular weight excluding hydrogens is 317 g/mol. The SMILES string of the molecule is Cc1cc(OCc2ccc(Cl)cc2F)ccc1S(N)(=O)=O. The number of rotatable bonds is 4. The van der Waals surface area contributed by atoms with Crippen molar-refractivity contribution in [2.24, 2.45) is 5.14 Å². The summed E-state index contributed by atoms with van der Waals surface area (Å²) < 4.78 is 41.6. The predicted molar refractivity (Wildman–Crippen MR) is 78.3 cm³/mol. The number of benzene rings is 2. The van der Waals surface area contributed by atoms with Crippen molar-refractivity contribution in [3.8, 4) is 5.75 Å². The van der Waals surface area contributed by atoms with Crippen molar-refractivity contribution in [2.75, 3.05) is 0 Å². The molecule has 2 aromatic rings. The molecule has 0 amide bonds. The average molecular weight is 330 g/mol. The van der Waals surface area contributed by atoms with E-state index in [-0.39, 0.29) is 11.5 Å². The minimum atomic E-state index is -3.76. The highest BCUT2D eigenvalue weighted by Gasteiger charge is 2.12. The van der Waals surface area contributed by atoms with Gasteiger partial charge < -0.3 is 4.74 Å². The summed E-state index contributed by atoms with van der Waals surface area (Å²) in [5, 5.41) is 5.39. The first-order valence-corrected chi connectivity index (χ1v) is 7.90. The first-order valence-electron chi connectivity index (χ1n) is 5.97. The van der Waals surface area contributed by atoms with Crippen LogP contribution in [0.15, 0.2) is 41.3 Å². The zero-order valence-corrected chi connectivity index (χ0v) is 12.7. The molecule has 2 aromatic carbocycles. The third-order valence-electron chi connectivity index (χ3n) is 2.86. The van der Waals surface area contributed by atoms with Crippen LogP contribution in [0.1, 0.15) is 11.1 Å². The largest absolute Gasteiger partial charge is 0.489 e.